The summed E-state index contributed by atoms with van der Waals surface area (Å²) in [5.74, 6) is 0.795. The average molecular weight is 439 g/mol. The van der Waals surface area contributed by atoms with Gasteiger partial charge in [0.1, 0.15) is 12.4 Å². The zero-order chi connectivity index (χ0) is 13.3. The molecular formula is C12H11Br3N2O. The van der Waals surface area contributed by atoms with Crippen molar-refractivity contribution in [1.29, 1.82) is 0 Å². The fraction of sp³-hybridized carbons (Fsp3) is 0.250. The number of halogens is 3. The first-order valence-corrected chi connectivity index (χ1v) is 7.63. The molecule has 0 unspecified atom stereocenters. The fourth-order valence-corrected chi connectivity index (χ4v) is 3.28. The molecule has 0 N–H and O–H groups in total. The number of hydrogen-bond donors (Lipinski definition) is 0. The van der Waals surface area contributed by atoms with Crippen LogP contribution in [0.1, 0.15) is 11.4 Å². The predicted octanol–water partition coefficient (Wildman–Crippen LogP) is 4.60. The van der Waals surface area contributed by atoms with E-state index in [1.807, 2.05) is 36.9 Å². The van der Waals surface area contributed by atoms with E-state index in [0.29, 0.717) is 6.61 Å². The minimum atomic E-state index is 0.457. The lowest BCUT2D eigenvalue weighted by Crippen LogP contribution is -2.04. The molecule has 1 heterocycles. The van der Waals surface area contributed by atoms with Crippen LogP contribution in [0.3, 0.4) is 0 Å². The summed E-state index contributed by atoms with van der Waals surface area (Å²) in [6.45, 7) is 2.42. The van der Waals surface area contributed by atoms with Crippen LogP contribution in [0.25, 0.3) is 0 Å². The number of nitrogens with zero attached hydrogens (tertiary/aromatic N) is 2. The summed E-state index contributed by atoms with van der Waals surface area (Å²) >= 11 is 10.5. The molecule has 0 aliphatic rings. The van der Waals surface area contributed by atoms with Gasteiger partial charge in [0, 0.05) is 7.05 Å². The van der Waals surface area contributed by atoms with Crippen LogP contribution < -0.4 is 4.74 Å². The largest absolute Gasteiger partial charge is 0.485 e. The molecule has 2 aromatic rings. The number of benzene rings is 1. The quantitative estimate of drug-likeness (QED) is 0.700. The molecule has 6 heteroatoms. The van der Waals surface area contributed by atoms with Gasteiger partial charge in [-0.05, 0) is 66.8 Å². The first kappa shape index (κ1) is 14.1. The Labute approximate surface area is 131 Å². The van der Waals surface area contributed by atoms with Crippen molar-refractivity contribution in [2.75, 3.05) is 0 Å². The van der Waals surface area contributed by atoms with E-state index in [-0.39, 0.29) is 0 Å². The minimum absolute atomic E-state index is 0.457. The maximum Gasteiger partial charge on any atom is 0.148 e. The van der Waals surface area contributed by atoms with Crippen molar-refractivity contribution in [3.8, 4) is 5.75 Å². The number of aromatic nitrogens is 2. The summed E-state index contributed by atoms with van der Waals surface area (Å²) in [6.07, 6.45) is 0. The van der Waals surface area contributed by atoms with Gasteiger partial charge in [0.2, 0.25) is 0 Å². The normalized spacial score (nSPS) is 10.7. The van der Waals surface area contributed by atoms with E-state index in [1.54, 1.807) is 0 Å². The molecule has 0 saturated heterocycles. The molecule has 0 spiro atoms. The van der Waals surface area contributed by atoms with Gasteiger partial charge in [0.05, 0.1) is 24.8 Å². The van der Waals surface area contributed by atoms with Crippen molar-refractivity contribution in [2.24, 2.45) is 7.05 Å². The van der Waals surface area contributed by atoms with Gasteiger partial charge in [0.15, 0.2) is 0 Å². The molecule has 1 aromatic carbocycles. The summed E-state index contributed by atoms with van der Waals surface area (Å²) in [7, 11) is 1.91. The van der Waals surface area contributed by atoms with Crippen molar-refractivity contribution in [2.45, 2.75) is 13.5 Å². The third-order valence-corrected chi connectivity index (χ3v) is 4.81. The third kappa shape index (κ3) is 2.81. The first-order valence-electron chi connectivity index (χ1n) is 5.25. The van der Waals surface area contributed by atoms with E-state index < -0.39 is 0 Å². The summed E-state index contributed by atoms with van der Waals surface area (Å²) < 4.78 is 10.5. The van der Waals surface area contributed by atoms with Crippen molar-refractivity contribution >= 4 is 47.8 Å². The molecule has 0 fully saturated rings. The highest BCUT2D eigenvalue weighted by Gasteiger charge is 2.13. The molecule has 18 heavy (non-hydrogen) atoms. The monoisotopic (exact) mass is 436 g/mol. The Bertz CT molecular complexity index is 561. The molecule has 0 atom stereocenters. The minimum Gasteiger partial charge on any atom is -0.485 e. The Balaban J connectivity index is 2.22. The van der Waals surface area contributed by atoms with Crippen LogP contribution in [0.2, 0.25) is 0 Å². The van der Waals surface area contributed by atoms with Crippen LogP contribution >= 0.6 is 47.8 Å². The van der Waals surface area contributed by atoms with Crippen molar-refractivity contribution in [1.82, 2.24) is 9.78 Å². The highest BCUT2D eigenvalue weighted by molar-refractivity contribution is 9.11. The van der Waals surface area contributed by atoms with Gasteiger partial charge in [-0.2, -0.15) is 5.10 Å². The number of hydrogen-bond acceptors (Lipinski definition) is 2. The van der Waals surface area contributed by atoms with Crippen LogP contribution in [0.5, 0.6) is 5.75 Å². The molecular weight excluding hydrogens is 428 g/mol. The van der Waals surface area contributed by atoms with Gasteiger partial charge >= 0.3 is 0 Å². The van der Waals surface area contributed by atoms with Crippen LogP contribution in [-0.4, -0.2) is 9.78 Å². The lowest BCUT2D eigenvalue weighted by atomic mass is 10.3. The average Bonchev–Trinajstić information content (AvgIpc) is 2.54. The molecule has 0 amide bonds. The van der Waals surface area contributed by atoms with Gasteiger partial charge < -0.3 is 4.74 Å². The van der Waals surface area contributed by atoms with E-state index in [0.717, 1.165) is 30.6 Å². The second-order valence-corrected chi connectivity index (χ2v) is 6.31. The summed E-state index contributed by atoms with van der Waals surface area (Å²) in [5.41, 5.74) is 1.97. The molecule has 1 aromatic heterocycles. The molecule has 0 radical (unpaired) electrons. The molecule has 3 nitrogen and oxygen atoms in total. The van der Waals surface area contributed by atoms with Crippen LogP contribution in [0.15, 0.2) is 31.6 Å². The Morgan fingerprint density at radius 3 is 2.33 bits per heavy atom. The molecule has 96 valence electrons. The smallest absolute Gasteiger partial charge is 0.148 e. The highest BCUT2D eigenvalue weighted by atomic mass is 79.9. The molecule has 0 aliphatic carbocycles. The van der Waals surface area contributed by atoms with Crippen molar-refractivity contribution < 1.29 is 4.74 Å². The van der Waals surface area contributed by atoms with Gasteiger partial charge in [0.25, 0.3) is 0 Å². The third-order valence-electron chi connectivity index (χ3n) is 2.53. The Kier molecular flexibility index (Phi) is 4.50. The second-order valence-electron chi connectivity index (χ2n) is 3.81. The summed E-state index contributed by atoms with van der Waals surface area (Å²) in [6, 6.07) is 5.85. The number of ether oxygens (including phenoxy) is 1. The number of aryl methyl sites for hydroxylation is 2. The number of para-hydroxylation sites is 1. The molecule has 2 rings (SSSR count). The first-order chi connectivity index (χ1) is 8.50. The zero-order valence-corrected chi connectivity index (χ0v) is 14.6. The molecule has 0 saturated carbocycles. The topological polar surface area (TPSA) is 27.1 Å². The summed E-state index contributed by atoms with van der Waals surface area (Å²) in [5, 5.41) is 4.33. The molecule has 0 bridgehead atoms. The standard InChI is InChI=1S/C12H11Br3N2O/c1-7-11(15)10(17(2)16-7)6-18-12-8(13)4-3-5-9(12)14/h3-5H,6H2,1-2H3. The van der Waals surface area contributed by atoms with E-state index in [4.69, 9.17) is 4.74 Å². The Hall–Kier alpha value is -0.330. The maximum atomic E-state index is 5.84. The van der Waals surface area contributed by atoms with Crippen LogP contribution in [0, 0.1) is 6.92 Å². The van der Waals surface area contributed by atoms with E-state index in [2.05, 4.69) is 52.9 Å². The Morgan fingerprint density at radius 2 is 1.83 bits per heavy atom. The van der Waals surface area contributed by atoms with E-state index >= 15 is 0 Å². The zero-order valence-electron chi connectivity index (χ0n) is 9.88. The van der Waals surface area contributed by atoms with E-state index in [9.17, 15) is 0 Å². The maximum absolute atomic E-state index is 5.84. The second kappa shape index (κ2) is 5.75. The van der Waals surface area contributed by atoms with Gasteiger partial charge in [-0.25, -0.2) is 0 Å². The van der Waals surface area contributed by atoms with E-state index in [1.165, 1.54) is 0 Å². The van der Waals surface area contributed by atoms with Gasteiger partial charge in [-0.1, -0.05) is 6.07 Å². The lowest BCUT2D eigenvalue weighted by Gasteiger charge is -2.10. The highest BCUT2D eigenvalue weighted by Crippen LogP contribution is 2.34. The van der Waals surface area contributed by atoms with Gasteiger partial charge in [-0.15, -0.1) is 0 Å². The van der Waals surface area contributed by atoms with Crippen molar-refractivity contribution in [3.05, 3.63) is 43.0 Å². The summed E-state index contributed by atoms with van der Waals surface area (Å²) in [4.78, 5) is 0. The van der Waals surface area contributed by atoms with Crippen molar-refractivity contribution in [3.63, 3.8) is 0 Å². The fourth-order valence-electron chi connectivity index (χ4n) is 1.60. The molecule has 0 aliphatic heterocycles. The van der Waals surface area contributed by atoms with Crippen LogP contribution in [0.4, 0.5) is 0 Å². The predicted molar refractivity (Wildman–Crippen MR) is 81.8 cm³/mol. The number of rotatable bonds is 3. The Morgan fingerprint density at radius 1 is 1.22 bits per heavy atom. The van der Waals surface area contributed by atoms with Gasteiger partial charge in [-0.3, -0.25) is 4.68 Å². The lowest BCUT2D eigenvalue weighted by molar-refractivity contribution is 0.290. The SMILES string of the molecule is Cc1nn(C)c(COc2c(Br)cccc2Br)c1Br. The van der Waals surface area contributed by atoms with Crippen LogP contribution in [-0.2, 0) is 13.7 Å².